The zero-order valence-corrected chi connectivity index (χ0v) is 17.1. The number of phenols is 1. The second-order valence-corrected chi connectivity index (χ2v) is 7.55. The van der Waals surface area contributed by atoms with Crippen LogP contribution < -0.4 is 4.90 Å². The number of hydrogen-bond donors (Lipinski definition) is 1. The summed E-state index contributed by atoms with van der Waals surface area (Å²) in [5.41, 5.74) is 2.72. The van der Waals surface area contributed by atoms with Gasteiger partial charge in [0.15, 0.2) is 5.92 Å². The van der Waals surface area contributed by atoms with Crippen molar-refractivity contribution in [2.45, 2.75) is 0 Å². The molecule has 3 amide bonds. The molecule has 33 heavy (non-hydrogen) atoms. The van der Waals surface area contributed by atoms with Crippen molar-refractivity contribution < 1.29 is 19.5 Å². The summed E-state index contributed by atoms with van der Waals surface area (Å²) in [5.74, 6) is -2.59. The Morgan fingerprint density at radius 3 is 1.97 bits per heavy atom. The van der Waals surface area contributed by atoms with Crippen molar-refractivity contribution in [3.05, 3.63) is 101 Å². The van der Waals surface area contributed by atoms with Crippen LogP contribution in [0.5, 0.6) is 5.75 Å². The number of aliphatic imine (C=N–C) groups is 1. The molecule has 158 valence electrons. The predicted molar refractivity (Wildman–Crippen MR) is 121 cm³/mol. The van der Waals surface area contributed by atoms with Crippen molar-refractivity contribution in [2.24, 2.45) is 10.9 Å². The van der Waals surface area contributed by atoms with Gasteiger partial charge in [0, 0.05) is 11.1 Å². The van der Waals surface area contributed by atoms with Gasteiger partial charge in [-0.2, -0.15) is 5.26 Å². The number of carbonyl (C=O) groups is 3. The van der Waals surface area contributed by atoms with Crippen LogP contribution in [0.1, 0.15) is 31.8 Å². The smallest absolute Gasteiger partial charge is 0.268 e. The Hall–Kier alpha value is -4.83. The molecule has 1 unspecified atom stereocenters. The number of phenolic OH excluding ortho intramolecular Hbond substituents is 1. The quantitative estimate of drug-likeness (QED) is 0.633. The summed E-state index contributed by atoms with van der Waals surface area (Å²) in [6.07, 6.45) is 1.60. The van der Waals surface area contributed by atoms with Gasteiger partial charge in [-0.05, 0) is 42.0 Å². The molecule has 0 fully saturated rings. The maximum atomic E-state index is 12.7. The Labute approximate surface area is 188 Å². The third kappa shape index (κ3) is 3.22. The fourth-order valence-electron chi connectivity index (χ4n) is 4.01. The molecule has 2 heterocycles. The number of rotatable bonds is 3. The number of nitrogens with zero attached hydrogens (tertiary/aromatic N) is 3. The standard InChI is InChI=1S/C26H15N3O4/c27-14-21-20(17-5-3-4-8-23(17)30)13-22(28-24(21)31)15-9-11-16(12-10-15)29-25(32)18-6-1-2-7-19(18)26(29)33/h1-13,21,30H. The van der Waals surface area contributed by atoms with Gasteiger partial charge in [-0.25, -0.2) is 9.89 Å². The molecule has 0 spiro atoms. The Bertz CT molecular complexity index is 1410. The minimum atomic E-state index is -1.13. The van der Waals surface area contributed by atoms with E-state index in [2.05, 4.69) is 4.99 Å². The van der Waals surface area contributed by atoms with E-state index in [0.717, 1.165) is 4.90 Å². The number of fused-ring (bicyclic) bond motifs is 1. The number of allylic oxidation sites excluding steroid dienone is 1. The lowest BCUT2D eigenvalue weighted by molar-refractivity contribution is -0.118. The maximum absolute atomic E-state index is 12.7. The highest BCUT2D eigenvalue weighted by molar-refractivity contribution is 6.34. The number of para-hydroxylation sites is 1. The molecule has 3 aromatic carbocycles. The second kappa shape index (κ2) is 7.70. The highest BCUT2D eigenvalue weighted by Crippen LogP contribution is 2.34. The van der Waals surface area contributed by atoms with Crippen molar-refractivity contribution in [1.29, 1.82) is 5.26 Å². The summed E-state index contributed by atoms with van der Waals surface area (Å²) >= 11 is 0. The van der Waals surface area contributed by atoms with Gasteiger partial charge in [0.2, 0.25) is 0 Å². The molecule has 5 rings (SSSR count). The van der Waals surface area contributed by atoms with Crippen molar-refractivity contribution in [3.8, 4) is 11.8 Å². The molecule has 0 bridgehead atoms. The summed E-state index contributed by atoms with van der Waals surface area (Å²) in [6.45, 7) is 0. The van der Waals surface area contributed by atoms with E-state index in [1.54, 1.807) is 72.8 Å². The van der Waals surface area contributed by atoms with E-state index in [9.17, 15) is 24.8 Å². The highest BCUT2D eigenvalue weighted by atomic mass is 16.3. The summed E-state index contributed by atoms with van der Waals surface area (Å²) in [5, 5.41) is 19.7. The average molecular weight is 433 g/mol. The third-order valence-corrected chi connectivity index (χ3v) is 5.64. The lowest BCUT2D eigenvalue weighted by Crippen LogP contribution is -2.29. The molecule has 7 nitrogen and oxygen atoms in total. The fourth-order valence-corrected chi connectivity index (χ4v) is 4.01. The molecular weight excluding hydrogens is 418 g/mol. The number of nitriles is 1. The Kier molecular flexibility index (Phi) is 4.69. The number of imide groups is 1. The van der Waals surface area contributed by atoms with Crippen molar-refractivity contribution >= 4 is 34.7 Å². The molecule has 3 aromatic rings. The lowest BCUT2D eigenvalue weighted by Gasteiger charge is -2.19. The van der Waals surface area contributed by atoms with Crippen LogP contribution in [-0.4, -0.2) is 28.5 Å². The number of anilines is 1. The first-order chi connectivity index (χ1) is 16.0. The predicted octanol–water partition coefficient (Wildman–Crippen LogP) is 3.75. The number of aromatic hydroxyl groups is 1. The van der Waals surface area contributed by atoms with Crippen LogP contribution in [-0.2, 0) is 4.79 Å². The van der Waals surface area contributed by atoms with E-state index in [4.69, 9.17) is 0 Å². The molecule has 2 aliphatic rings. The number of hydrogen-bond acceptors (Lipinski definition) is 5. The number of amides is 3. The zero-order chi connectivity index (χ0) is 23.1. The highest BCUT2D eigenvalue weighted by Gasteiger charge is 2.36. The van der Waals surface area contributed by atoms with E-state index >= 15 is 0 Å². The second-order valence-electron chi connectivity index (χ2n) is 7.55. The summed E-state index contributed by atoms with van der Waals surface area (Å²) < 4.78 is 0. The third-order valence-electron chi connectivity index (χ3n) is 5.64. The fraction of sp³-hybridized carbons (Fsp3) is 0.0385. The van der Waals surface area contributed by atoms with E-state index < -0.39 is 23.6 Å². The summed E-state index contributed by atoms with van der Waals surface area (Å²) in [4.78, 5) is 43.1. The molecule has 0 aliphatic carbocycles. The van der Waals surface area contributed by atoms with E-state index in [-0.39, 0.29) is 5.75 Å². The molecule has 0 aromatic heterocycles. The molecule has 0 radical (unpaired) electrons. The largest absolute Gasteiger partial charge is 0.507 e. The summed E-state index contributed by atoms with van der Waals surface area (Å²) in [6, 6.07) is 21.6. The van der Waals surface area contributed by atoms with Crippen LogP contribution in [0.3, 0.4) is 0 Å². The van der Waals surface area contributed by atoms with Gasteiger partial charge in [0.05, 0.1) is 28.6 Å². The topological polar surface area (TPSA) is 111 Å². The zero-order valence-electron chi connectivity index (χ0n) is 17.1. The first kappa shape index (κ1) is 20.1. The van der Waals surface area contributed by atoms with Gasteiger partial charge in [-0.1, -0.05) is 42.5 Å². The van der Waals surface area contributed by atoms with Gasteiger partial charge in [-0.3, -0.25) is 14.4 Å². The van der Waals surface area contributed by atoms with Gasteiger partial charge in [-0.15, -0.1) is 0 Å². The normalized spacial score (nSPS) is 17.4. The number of carbonyl (C=O) groups excluding carboxylic acids is 3. The van der Waals surface area contributed by atoms with Crippen LogP contribution in [0.4, 0.5) is 5.69 Å². The van der Waals surface area contributed by atoms with Gasteiger partial charge < -0.3 is 5.11 Å². The maximum Gasteiger partial charge on any atom is 0.268 e. The first-order valence-electron chi connectivity index (χ1n) is 10.1. The molecule has 0 saturated heterocycles. The van der Waals surface area contributed by atoms with Crippen LogP contribution in [0.2, 0.25) is 0 Å². The number of benzene rings is 3. The Balaban J connectivity index is 1.50. The lowest BCUT2D eigenvalue weighted by atomic mass is 9.88. The minimum Gasteiger partial charge on any atom is -0.507 e. The van der Waals surface area contributed by atoms with Gasteiger partial charge in [0.1, 0.15) is 5.75 Å². The Morgan fingerprint density at radius 1 is 0.818 bits per heavy atom. The SMILES string of the molecule is N#CC1C(=O)N=C(c2ccc(N3C(=O)c4ccccc4C3=O)cc2)C=C1c1ccccc1O. The summed E-state index contributed by atoms with van der Waals surface area (Å²) in [7, 11) is 0. The van der Waals surface area contributed by atoms with Crippen molar-refractivity contribution in [3.63, 3.8) is 0 Å². The van der Waals surface area contributed by atoms with Crippen molar-refractivity contribution in [1.82, 2.24) is 0 Å². The van der Waals surface area contributed by atoms with E-state index in [0.29, 0.717) is 39.2 Å². The monoisotopic (exact) mass is 433 g/mol. The van der Waals surface area contributed by atoms with E-state index in [1.807, 2.05) is 6.07 Å². The molecular formula is C26H15N3O4. The Morgan fingerprint density at radius 2 is 1.39 bits per heavy atom. The van der Waals surface area contributed by atoms with Gasteiger partial charge in [0.25, 0.3) is 17.7 Å². The van der Waals surface area contributed by atoms with Crippen molar-refractivity contribution in [2.75, 3.05) is 4.90 Å². The van der Waals surface area contributed by atoms with E-state index in [1.165, 1.54) is 6.07 Å². The minimum absolute atomic E-state index is 0.0426. The first-order valence-corrected chi connectivity index (χ1v) is 10.1. The molecule has 7 heteroatoms. The van der Waals surface area contributed by atoms with Crippen LogP contribution in [0.15, 0.2) is 83.9 Å². The number of dihydropyridines is 1. The van der Waals surface area contributed by atoms with Gasteiger partial charge >= 0.3 is 0 Å². The van der Waals surface area contributed by atoms with Crippen LogP contribution >= 0.6 is 0 Å². The molecule has 0 saturated carbocycles. The average Bonchev–Trinajstić information content (AvgIpc) is 3.09. The van der Waals surface area contributed by atoms with Crippen LogP contribution in [0, 0.1) is 17.2 Å². The molecule has 1 N–H and O–H groups in total. The van der Waals surface area contributed by atoms with Crippen LogP contribution in [0.25, 0.3) is 5.57 Å². The molecule has 2 aliphatic heterocycles. The molecule has 1 atom stereocenters.